The van der Waals surface area contributed by atoms with Gasteiger partial charge in [-0.2, -0.15) is 0 Å². The molecule has 0 N–H and O–H groups in total. The van der Waals surface area contributed by atoms with Crippen LogP contribution in [0.5, 0.6) is 0 Å². The molecule has 0 bridgehead atoms. The van der Waals surface area contributed by atoms with E-state index in [2.05, 4.69) is 205 Å². The minimum absolute atomic E-state index is 1.11. The van der Waals surface area contributed by atoms with Crippen LogP contribution >= 0.6 is 11.3 Å². The summed E-state index contributed by atoms with van der Waals surface area (Å²) in [7, 11) is 0. The van der Waals surface area contributed by atoms with E-state index in [1.807, 2.05) is 11.3 Å². The van der Waals surface area contributed by atoms with Crippen molar-refractivity contribution < 1.29 is 0 Å². The van der Waals surface area contributed by atoms with Crippen molar-refractivity contribution in [1.82, 2.24) is 0 Å². The van der Waals surface area contributed by atoms with E-state index in [-0.39, 0.29) is 0 Å². The van der Waals surface area contributed by atoms with Crippen molar-refractivity contribution in [3.05, 3.63) is 200 Å². The van der Waals surface area contributed by atoms with Gasteiger partial charge in [-0.15, -0.1) is 11.3 Å². The van der Waals surface area contributed by atoms with Gasteiger partial charge in [0.25, 0.3) is 0 Å². The van der Waals surface area contributed by atoms with Crippen LogP contribution in [0.3, 0.4) is 0 Å². The van der Waals surface area contributed by atoms with Gasteiger partial charge in [-0.05, 0) is 86.4 Å². The number of fused-ring (bicyclic) bond motifs is 6. The zero-order valence-electron chi connectivity index (χ0n) is 28.4. The van der Waals surface area contributed by atoms with Gasteiger partial charge in [0.1, 0.15) is 0 Å². The molecule has 1 nitrogen and oxygen atoms in total. The van der Waals surface area contributed by atoms with Crippen LogP contribution < -0.4 is 4.90 Å². The average Bonchev–Trinajstić information content (AvgIpc) is 3.60. The van der Waals surface area contributed by atoms with Gasteiger partial charge in [-0.3, -0.25) is 0 Å². The molecule has 0 amide bonds. The molecule has 10 rings (SSSR count). The van der Waals surface area contributed by atoms with E-state index in [1.165, 1.54) is 75.1 Å². The fraction of sp³-hybridized carbons (Fsp3) is 0. The molecule has 0 aliphatic heterocycles. The van der Waals surface area contributed by atoms with Crippen molar-refractivity contribution in [2.24, 2.45) is 0 Å². The summed E-state index contributed by atoms with van der Waals surface area (Å²) >= 11 is 1.89. The van der Waals surface area contributed by atoms with Crippen molar-refractivity contribution >= 4 is 70.1 Å². The Hall–Kier alpha value is -6.48. The normalized spacial score (nSPS) is 11.5. The Balaban J connectivity index is 1.12. The van der Waals surface area contributed by atoms with Gasteiger partial charge >= 0.3 is 0 Å². The zero-order chi connectivity index (χ0) is 34.4. The highest BCUT2D eigenvalue weighted by molar-refractivity contribution is 7.26. The van der Waals surface area contributed by atoms with Gasteiger partial charge in [0.15, 0.2) is 0 Å². The number of nitrogens with zero attached hydrogens (tertiary/aromatic N) is 1. The summed E-state index contributed by atoms with van der Waals surface area (Å²) in [5.41, 5.74) is 10.6. The molecule has 0 unspecified atom stereocenters. The van der Waals surface area contributed by atoms with Gasteiger partial charge in [-0.1, -0.05) is 158 Å². The third-order valence-corrected chi connectivity index (χ3v) is 11.5. The first-order valence-corrected chi connectivity index (χ1v) is 18.6. The van der Waals surface area contributed by atoms with Gasteiger partial charge in [-0.25, -0.2) is 0 Å². The summed E-state index contributed by atoms with van der Waals surface area (Å²) in [6.45, 7) is 0. The number of rotatable bonds is 6. The predicted molar refractivity (Wildman–Crippen MR) is 225 cm³/mol. The standard InChI is InChI=1S/C50H33NS/c1-2-13-35(14-3-1)42-18-8-10-23-48(42)51(38-29-25-36(26-30-38)41-22-12-16-34-15-4-5-17-40(34)41)39-31-27-37(28-32-39)46-33-47-44-20-9-11-24-49(44)52-50(47)45-21-7-6-19-43(45)46/h1-33H. The van der Waals surface area contributed by atoms with E-state index in [1.54, 1.807) is 0 Å². The van der Waals surface area contributed by atoms with E-state index >= 15 is 0 Å². The Bertz CT molecular complexity index is 2880. The Morgan fingerprint density at radius 1 is 0.327 bits per heavy atom. The van der Waals surface area contributed by atoms with Crippen LogP contribution in [0.4, 0.5) is 17.1 Å². The maximum Gasteiger partial charge on any atom is 0.0540 e. The largest absolute Gasteiger partial charge is 0.310 e. The summed E-state index contributed by atoms with van der Waals surface area (Å²) < 4.78 is 2.68. The van der Waals surface area contributed by atoms with E-state index in [9.17, 15) is 0 Å². The highest BCUT2D eigenvalue weighted by atomic mass is 32.1. The average molecular weight is 680 g/mol. The number of thiophene rings is 1. The molecule has 0 saturated carbocycles. The molecule has 244 valence electrons. The molecule has 1 aromatic heterocycles. The van der Waals surface area contributed by atoms with Crippen LogP contribution in [0.2, 0.25) is 0 Å². The number of hydrogen-bond donors (Lipinski definition) is 0. The third-order valence-electron chi connectivity index (χ3n) is 10.3. The van der Waals surface area contributed by atoms with E-state index in [0.717, 1.165) is 17.1 Å². The zero-order valence-corrected chi connectivity index (χ0v) is 29.2. The second-order valence-corrected chi connectivity index (χ2v) is 14.3. The van der Waals surface area contributed by atoms with E-state index < -0.39 is 0 Å². The van der Waals surface area contributed by atoms with E-state index in [0.29, 0.717) is 0 Å². The molecule has 0 aliphatic carbocycles. The summed E-state index contributed by atoms with van der Waals surface area (Å²) in [4.78, 5) is 2.40. The Morgan fingerprint density at radius 3 is 1.63 bits per heavy atom. The molecule has 0 radical (unpaired) electrons. The first-order valence-electron chi connectivity index (χ1n) is 17.8. The summed E-state index contributed by atoms with van der Waals surface area (Å²) in [5, 5.41) is 7.75. The van der Waals surface area contributed by atoms with Crippen molar-refractivity contribution in [2.75, 3.05) is 4.90 Å². The Morgan fingerprint density at radius 2 is 0.865 bits per heavy atom. The van der Waals surface area contributed by atoms with Crippen molar-refractivity contribution in [3.63, 3.8) is 0 Å². The molecule has 52 heavy (non-hydrogen) atoms. The molecule has 10 aromatic rings. The summed E-state index contributed by atoms with van der Waals surface area (Å²) in [5.74, 6) is 0. The smallest absolute Gasteiger partial charge is 0.0540 e. The van der Waals surface area contributed by atoms with Gasteiger partial charge in [0.05, 0.1) is 5.69 Å². The fourth-order valence-corrected chi connectivity index (χ4v) is 9.02. The quantitative estimate of drug-likeness (QED) is 0.169. The lowest BCUT2D eigenvalue weighted by molar-refractivity contribution is 1.28. The van der Waals surface area contributed by atoms with Crippen LogP contribution in [0.15, 0.2) is 200 Å². The first-order chi connectivity index (χ1) is 25.8. The molecular formula is C50H33NS. The molecule has 1 heterocycles. The van der Waals surface area contributed by atoms with Crippen molar-refractivity contribution in [1.29, 1.82) is 0 Å². The van der Waals surface area contributed by atoms with Crippen LogP contribution in [0.1, 0.15) is 0 Å². The molecule has 0 atom stereocenters. The van der Waals surface area contributed by atoms with Crippen LogP contribution in [0, 0.1) is 0 Å². The SMILES string of the molecule is c1ccc(-c2ccccc2N(c2ccc(-c3cccc4ccccc34)cc2)c2ccc(-c3cc4c5ccccc5sc4c4ccccc34)cc2)cc1. The second kappa shape index (κ2) is 12.7. The van der Waals surface area contributed by atoms with Crippen LogP contribution in [-0.2, 0) is 0 Å². The lowest BCUT2D eigenvalue weighted by Gasteiger charge is -2.28. The number of hydrogen-bond acceptors (Lipinski definition) is 2. The molecule has 0 aliphatic rings. The molecule has 9 aromatic carbocycles. The lowest BCUT2D eigenvalue weighted by atomic mass is 9.95. The van der Waals surface area contributed by atoms with Gasteiger partial charge < -0.3 is 4.90 Å². The fourth-order valence-electron chi connectivity index (χ4n) is 7.80. The predicted octanol–water partition coefficient (Wildman–Crippen LogP) is 14.8. The molecular weight excluding hydrogens is 647 g/mol. The van der Waals surface area contributed by atoms with Crippen molar-refractivity contribution in [2.45, 2.75) is 0 Å². The number of para-hydroxylation sites is 1. The van der Waals surface area contributed by atoms with Gasteiger partial charge in [0, 0.05) is 42.5 Å². The van der Waals surface area contributed by atoms with E-state index in [4.69, 9.17) is 0 Å². The highest BCUT2D eigenvalue weighted by Crippen LogP contribution is 2.45. The number of benzene rings is 9. The third kappa shape index (κ3) is 5.16. The minimum atomic E-state index is 1.11. The molecule has 0 spiro atoms. The monoisotopic (exact) mass is 679 g/mol. The molecule has 0 fully saturated rings. The lowest BCUT2D eigenvalue weighted by Crippen LogP contribution is -2.11. The molecule has 0 saturated heterocycles. The highest BCUT2D eigenvalue weighted by Gasteiger charge is 2.19. The summed E-state index contributed by atoms with van der Waals surface area (Å²) in [6.07, 6.45) is 0. The van der Waals surface area contributed by atoms with Crippen molar-refractivity contribution in [3.8, 4) is 33.4 Å². The summed E-state index contributed by atoms with van der Waals surface area (Å²) in [6, 6.07) is 72.8. The van der Waals surface area contributed by atoms with Gasteiger partial charge in [0.2, 0.25) is 0 Å². The second-order valence-electron chi connectivity index (χ2n) is 13.3. The first kappa shape index (κ1) is 30.4. The topological polar surface area (TPSA) is 3.24 Å². The molecule has 2 heteroatoms. The maximum absolute atomic E-state index is 2.40. The minimum Gasteiger partial charge on any atom is -0.310 e. The Kier molecular flexibility index (Phi) is 7.41. The van der Waals surface area contributed by atoms with Crippen LogP contribution in [-0.4, -0.2) is 0 Å². The number of anilines is 3. The van der Waals surface area contributed by atoms with Crippen LogP contribution in [0.25, 0.3) is 75.1 Å². The Labute approximate surface area is 307 Å². The maximum atomic E-state index is 2.40.